The van der Waals surface area contributed by atoms with Crippen molar-refractivity contribution in [2.45, 2.75) is 52.4 Å². The number of ether oxygens (including phenoxy) is 2. The molecule has 0 heterocycles. The molecule has 0 aliphatic carbocycles. The van der Waals surface area contributed by atoms with Crippen molar-refractivity contribution in [1.29, 1.82) is 0 Å². The van der Waals surface area contributed by atoms with Crippen LogP contribution in [0.5, 0.6) is 0 Å². The van der Waals surface area contributed by atoms with E-state index >= 15 is 0 Å². The maximum absolute atomic E-state index is 9.04. The number of aliphatic hydroxyl groups excluding tert-OH is 1. The highest BCUT2D eigenvalue weighted by molar-refractivity contribution is 4.51. The second kappa shape index (κ2) is 8.48. The highest BCUT2D eigenvalue weighted by Crippen LogP contribution is 2.08. The molecule has 3 nitrogen and oxygen atoms in total. The standard InChI is InChI=1S/C10H22O3/c1-4-12-10(13-5-2)8-6-7-9(3)11/h9-11H,4-8H2,1-3H3/t9-/m1/s1. The smallest absolute Gasteiger partial charge is 0.157 e. The van der Waals surface area contributed by atoms with E-state index in [9.17, 15) is 0 Å². The predicted molar refractivity (Wildman–Crippen MR) is 52.6 cm³/mol. The Hall–Kier alpha value is -0.120. The molecule has 0 fully saturated rings. The van der Waals surface area contributed by atoms with Gasteiger partial charge in [-0.1, -0.05) is 0 Å². The summed E-state index contributed by atoms with van der Waals surface area (Å²) in [7, 11) is 0. The van der Waals surface area contributed by atoms with Crippen LogP contribution in [0.4, 0.5) is 0 Å². The maximum atomic E-state index is 9.04. The normalized spacial score (nSPS) is 13.6. The first-order valence-electron chi connectivity index (χ1n) is 5.12. The number of hydrogen-bond acceptors (Lipinski definition) is 3. The molecule has 0 bridgehead atoms. The van der Waals surface area contributed by atoms with Crippen molar-refractivity contribution in [2.75, 3.05) is 13.2 Å². The van der Waals surface area contributed by atoms with Crippen LogP contribution in [-0.4, -0.2) is 30.7 Å². The van der Waals surface area contributed by atoms with Gasteiger partial charge in [0.15, 0.2) is 6.29 Å². The highest BCUT2D eigenvalue weighted by atomic mass is 16.7. The van der Waals surface area contributed by atoms with Gasteiger partial charge in [-0.15, -0.1) is 0 Å². The van der Waals surface area contributed by atoms with Gasteiger partial charge >= 0.3 is 0 Å². The van der Waals surface area contributed by atoms with Crippen molar-refractivity contribution in [2.24, 2.45) is 0 Å². The molecule has 0 aromatic carbocycles. The van der Waals surface area contributed by atoms with Crippen LogP contribution in [0, 0.1) is 0 Å². The molecule has 0 aromatic heterocycles. The lowest BCUT2D eigenvalue weighted by Crippen LogP contribution is -2.17. The van der Waals surface area contributed by atoms with Crippen LogP contribution in [-0.2, 0) is 9.47 Å². The molecule has 0 unspecified atom stereocenters. The van der Waals surface area contributed by atoms with E-state index in [0.717, 1.165) is 19.3 Å². The molecule has 3 heteroatoms. The van der Waals surface area contributed by atoms with Gasteiger partial charge < -0.3 is 14.6 Å². The number of rotatable bonds is 8. The van der Waals surface area contributed by atoms with E-state index in [1.165, 1.54) is 0 Å². The molecule has 0 saturated heterocycles. The maximum Gasteiger partial charge on any atom is 0.157 e. The van der Waals surface area contributed by atoms with E-state index in [2.05, 4.69) is 0 Å². The summed E-state index contributed by atoms with van der Waals surface area (Å²) in [6.45, 7) is 7.08. The van der Waals surface area contributed by atoms with E-state index < -0.39 is 0 Å². The summed E-state index contributed by atoms with van der Waals surface area (Å²) in [6.07, 6.45) is 2.32. The molecule has 0 aromatic rings. The Kier molecular flexibility index (Phi) is 8.40. The molecule has 13 heavy (non-hydrogen) atoms. The van der Waals surface area contributed by atoms with Gasteiger partial charge in [0.1, 0.15) is 0 Å². The first-order valence-corrected chi connectivity index (χ1v) is 5.12. The van der Waals surface area contributed by atoms with Gasteiger partial charge in [0, 0.05) is 13.2 Å². The molecular formula is C10H22O3. The van der Waals surface area contributed by atoms with E-state index in [1.54, 1.807) is 6.92 Å². The summed E-state index contributed by atoms with van der Waals surface area (Å²) in [5, 5.41) is 9.04. The second-order valence-electron chi connectivity index (χ2n) is 3.12. The fourth-order valence-electron chi connectivity index (χ4n) is 1.17. The van der Waals surface area contributed by atoms with Crippen molar-refractivity contribution in [1.82, 2.24) is 0 Å². The molecule has 0 radical (unpaired) electrons. The summed E-state index contributed by atoms with van der Waals surface area (Å²) in [5.41, 5.74) is 0. The first-order chi connectivity index (χ1) is 6.20. The van der Waals surface area contributed by atoms with Crippen molar-refractivity contribution < 1.29 is 14.6 Å². The van der Waals surface area contributed by atoms with Crippen molar-refractivity contribution in [3.8, 4) is 0 Å². The summed E-state index contributed by atoms with van der Waals surface area (Å²) < 4.78 is 10.7. The molecular weight excluding hydrogens is 168 g/mol. The lowest BCUT2D eigenvalue weighted by Gasteiger charge is -2.16. The number of aliphatic hydroxyl groups is 1. The SMILES string of the molecule is CCOC(CCC[C@@H](C)O)OCC. The zero-order valence-electron chi connectivity index (χ0n) is 8.95. The zero-order chi connectivity index (χ0) is 10.1. The summed E-state index contributed by atoms with van der Waals surface area (Å²) in [4.78, 5) is 0. The minimum Gasteiger partial charge on any atom is -0.393 e. The molecule has 1 atom stereocenters. The van der Waals surface area contributed by atoms with Crippen molar-refractivity contribution in [3.05, 3.63) is 0 Å². The van der Waals surface area contributed by atoms with Crippen LogP contribution in [0.15, 0.2) is 0 Å². The lowest BCUT2D eigenvalue weighted by molar-refractivity contribution is -0.140. The quantitative estimate of drug-likeness (QED) is 0.594. The molecule has 0 aliphatic rings. The molecule has 80 valence electrons. The second-order valence-corrected chi connectivity index (χ2v) is 3.12. The monoisotopic (exact) mass is 190 g/mol. The average Bonchev–Trinajstić information content (AvgIpc) is 2.04. The van der Waals surface area contributed by atoms with E-state index in [-0.39, 0.29) is 12.4 Å². The Morgan fingerprint density at radius 2 is 1.62 bits per heavy atom. The summed E-state index contributed by atoms with van der Waals surface area (Å²) >= 11 is 0. The fourth-order valence-corrected chi connectivity index (χ4v) is 1.17. The first kappa shape index (κ1) is 12.9. The predicted octanol–water partition coefficient (Wildman–Crippen LogP) is 1.94. The fraction of sp³-hybridized carbons (Fsp3) is 1.00. The molecule has 1 N–H and O–H groups in total. The van der Waals surface area contributed by atoms with Gasteiger partial charge in [-0.05, 0) is 40.0 Å². The van der Waals surface area contributed by atoms with Gasteiger partial charge in [-0.2, -0.15) is 0 Å². The average molecular weight is 190 g/mol. The van der Waals surface area contributed by atoms with Crippen LogP contribution >= 0.6 is 0 Å². The minimum absolute atomic E-state index is 0.0891. The Balaban J connectivity index is 3.44. The molecule has 0 spiro atoms. The topological polar surface area (TPSA) is 38.7 Å². The zero-order valence-corrected chi connectivity index (χ0v) is 8.95. The van der Waals surface area contributed by atoms with E-state index in [1.807, 2.05) is 13.8 Å². The van der Waals surface area contributed by atoms with Crippen molar-refractivity contribution in [3.63, 3.8) is 0 Å². The minimum atomic E-state index is -0.219. The van der Waals surface area contributed by atoms with Crippen LogP contribution in [0.3, 0.4) is 0 Å². The Morgan fingerprint density at radius 3 is 2.00 bits per heavy atom. The van der Waals surface area contributed by atoms with Gasteiger partial charge in [0.2, 0.25) is 0 Å². The van der Waals surface area contributed by atoms with Crippen LogP contribution < -0.4 is 0 Å². The Labute approximate surface area is 81.0 Å². The van der Waals surface area contributed by atoms with E-state index in [4.69, 9.17) is 14.6 Å². The van der Waals surface area contributed by atoms with Gasteiger partial charge in [0.05, 0.1) is 6.10 Å². The Bertz CT molecular complexity index is 98.3. The summed E-state index contributed by atoms with van der Waals surface area (Å²) in [6, 6.07) is 0. The van der Waals surface area contributed by atoms with E-state index in [0.29, 0.717) is 13.2 Å². The highest BCUT2D eigenvalue weighted by Gasteiger charge is 2.07. The van der Waals surface area contributed by atoms with Crippen LogP contribution in [0.2, 0.25) is 0 Å². The third-order valence-electron chi connectivity index (χ3n) is 1.77. The van der Waals surface area contributed by atoms with Crippen molar-refractivity contribution >= 4 is 0 Å². The summed E-state index contributed by atoms with van der Waals surface area (Å²) in [5.74, 6) is 0. The van der Waals surface area contributed by atoms with Gasteiger partial charge in [0.25, 0.3) is 0 Å². The third-order valence-corrected chi connectivity index (χ3v) is 1.77. The lowest BCUT2D eigenvalue weighted by atomic mass is 10.2. The molecule has 0 saturated carbocycles. The third kappa shape index (κ3) is 8.22. The largest absolute Gasteiger partial charge is 0.393 e. The Morgan fingerprint density at radius 1 is 1.08 bits per heavy atom. The van der Waals surface area contributed by atoms with Gasteiger partial charge in [-0.25, -0.2) is 0 Å². The van der Waals surface area contributed by atoms with Gasteiger partial charge in [-0.3, -0.25) is 0 Å². The van der Waals surface area contributed by atoms with Crippen LogP contribution in [0.25, 0.3) is 0 Å². The molecule has 0 aliphatic heterocycles. The van der Waals surface area contributed by atoms with Crippen LogP contribution in [0.1, 0.15) is 40.0 Å². The molecule has 0 rings (SSSR count). The molecule has 0 amide bonds. The number of hydrogen-bond donors (Lipinski definition) is 1.